The molecular weight excluding hydrogens is 410 g/mol. The Labute approximate surface area is 150 Å². The molecule has 0 N–H and O–H groups in total. The Morgan fingerprint density at radius 1 is 1.21 bits per heavy atom. The molecule has 0 aliphatic heterocycles. The van der Waals surface area contributed by atoms with Crippen LogP contribution in [-0.4, -0.2) is 31.1 Å². The lowest BCUT2D eigenvalue weighted by atomic mass is 10.1. The van der Waals surface area contributed by atoms with Crippen LogP contribution in [0.25, 0.3) is 10.9 Å². The highest BCUT2D eigenvalue weighted by Gasteiger charge is 2.34. The van der Waals surface area contributed by atoms with E-state index in [1.54, 1.807) is 0 Å². The number of fused-ring (bicyclic) bond motifs is 1. The van der Waals surface area contributed by atoms with Crippen LogP contribution in [0.5, 0.6) is 5.75 Å². The zero-order chi connectivity index (χ0) is 21.2. The molecule has 0 saturated carbocycles. The highest BCUT2D eigenvalue weighted by molar-refractivity contribution is 6.39. The van der Waals surface area contributed by atoms with Crippen molar-refractivity contribution >= 4 is 24.2 Å². The van der Waals surface area contributed by atoms with Crippen LogP contribution >= 0.6 is 0 Å². The van der Waals surface area contributed by atoms with Gasteiger partial charge in [-0.1, -0.05) is 9.05 Å². The number of carbonyl (C=O) groups excluding carboxylic acids is 1. The van der Waals surface area contributed by atoms with E-state index in [4.69, 9.17) is 0 Å². The fourth-order valence-electron chi connectivity index (χ4n) is 2.33. The van der Waals surface area contributed by atoms with Gasteiger partial charge in [-0.15, -0.1) is 0 Å². The number of nitrogens with zero attached hydrogens (tertiary/aromatic N) is 1. The number of aromatic nitrogens is 1. The van der Waals surface area contributed by atoms with Crippen LogP contribution in [0.4, 0.5) is 31.0 Å². The quantitative estimate of drug-likeness (QED) is 0.532. The molecule has 0 saturated heterocycles. The van der Waals surface area contributed by atoms with Gasteiger partial charge in [0.15, 0.2) is 11.6 Å². The summed E-state index contributed by atoms with van der Waals surface area (Å²) >= 11 is 0. The lowest BCUT2D eigenvalue weighted by molar-refractivity contribution is -0.140. The minimum Gasteiger partial charge on any atom is -0.491 e. The number of halogens is 7. The van der Waals surface area contributed by atoms with Crippen LogP contribution in [0.1, 0.15) is 10.4 Å². The summed E-state index contributed by atoms with van der Waals surface area (Å²) in [5.74, 6) is -6.25. The molecule has 152 valence electrons. The second-order valence-electron chi connectivity index (χ2n) is 5.09. The van der Waals surface area contributed by atoms with Crippen LogP contribution in [0.15, 0.2) is 17.1 Å². The minimum atomic E-state index is -4.94. The number of ether oxygens (including phenoxy) is 1. The Morgan fingerprint density at radius 3 is 2.32 bits per heavy atom. The van der Waals surface area contributed by atoms with Crippen molar-refractivity contribution in [3.05, 3.63) is 39.7 Å². The van der Waals surface area contributed by atoms with Gasteiger partial charge < -0.3 is 14.0 Å². The van der Waals surface area contributed by atoms with Crippen molar-refractivity contribution in [3.8, 4) is 5.75 Å². The zero-order valence-electron chi connectivity index (χ0n) is 13.5. The maximum absolute atomic E-state index is 13.9. The Bertz CT molecular complexity index is 959. The molecule has 0 bridgehead atoms. The Kier molecular flexibility index (Phi) is 6.18. The Morgan fingerprint density at radius 2 is 1.82 bits per heavy atom. The molecule has 1 aromatic carbocycles. The first-order valence-corrected chi connectivity index (χ1v) is 6.95. The first kappa shape index (κ1) is 21.5. The number of methoxy groups -OCH3 is 1. The van der Waals surface area contributed by atoms with Gasteiger partial charge in [-0.25, -0.2) is 9.18 Å². The maximum atomic E-state index is 13.9. The number of carbonyl (C=O) groups is 1. The molecule has 0 radical (unpaired) electrons. The largest absolute Gasteiger partial charge is 0.780 e. The van der Waals surface area contributed by atoms with Gasteiger partial charge in [0.2, 0.25) is 11.2 Å². The van der Waals surface area contributed by atoms with Crippen LogP contribution in [-0.2, 0) is 20.9 Å². The van der Waals surface area contributed by atoms with Gasteiger partial charge in [-0.05, 0) is 6.07 Å². The van der Waals surface area contributed by atoms with Gasteiger partial charge in [0.05, 0.1) is 18.0 Å². The molecule has 15 heteroatoms. The summed E-state index contributed by atoms with van der Waals surface area (Å²) in [5.41, 5.74) is -3.46. The smallest absolute Gasteiger partial charge is 0.491 e. The van der Waals surface area contributed by atoms with Crippen molar-refractivity contribution in [1.82, 2.24) is 4.57 Å². The molecule has 0 amide bonds. The Balaban J connectivity index is 2.81. The van der Waals surface area contributed by atoms with Gasteiger partial charge >= 0.3 is 19.5 Å². The van der Waals surface area contributed by atoms with Crippen molar-refractivity contribution in [2.75, 3.05) is 7.11 Å². The van der Waals surface area contributed by atoms with Gasteiger partial charge in [0.25, 0.3) is 0 Å². The molecule has 0 atom stereocenters. The van der Waals surface area contributed by atoms with Crippen molar-refractivity contribution < 1.29 is 54.9 Å². The standard InChI is InChI=1S/C13H7BF7NO6/c1-25-11-8(16)7(15)2-5-9(11)22(4-13(17,18)19)3-6(10(5)23)12(24)26-14(27-20)28-21/h2-3H,4H2,1H3. The molecule has 1 heterocycles. The van der Waals surface area contributed by atoms with E-state index in [1.165, 1.54) is 0 Å². The molecular formula is C13H7BF7NO6. The van der Waals surface area contributed by atoms with Crippen molar-refractivity contribution in [2.45, 2.75) is 12.7 Å². The molecule has 7 nitrogen and oxygen atoms in total. The van der Waals surface area contributed by atoms with E-state index in [0.29, 0.717) is 0 Å². The number of hydrogen-bond acceptors (Lipinski definition) is 6. The minimum absolute atomic E-state index is 0.163. The van der Waals surface area contributed by atoms with E-state index >= 15 is 0 Å². The van der Waals surface area contributed by atoms with Gasteiger partial charge in [0.1, 0.15) is 12.1 Å². The third-order valence-electron chi connectivity index (χ3n) is 3.33. The zero-order valence-corrected chi connectivity index (χ0v) is 13.5. The fraction of sp³-hybridized carbons (Fsp3) is 0.231. The van der Waals surface area contributed by atoms with E-state index in [2.05, 4.69) is 19.1 Å². The summed E-state index contributed by atoms with van der Waals surface area (Å²) in [6.07, 6.45) is -4.67. The summed E-state index contributed by atoms with van der Waals surface area (Å²) in [7, 11) is -2.07. The molecule has 2 aromatic rings. The van der Waals surface area contributed by atoms with E-state index in [9.17, 15) is 40.6 Å². The fourth-order valence-corrected chi connectivity index (χ4v) is 2.33. The molecule has 1 aromatic heterocycles. The average Bonchev–Trinajstić information content (AvgIpc) is 2.62. The monoisotopic (exact) mass is 417 g/mol. The predicted molar refractivity (Wildman–Crippen MR) is 76.3 cm³/mol. The highest BCUT2D eigenvalue weighted by atomic mass is 19.4. The van der Waals surface area contributed by atoms with Gasteiger partial charge in [0, 0.05) is 6.20 Å². The lowest BCUT2D eigenvalue weighted by Crippen LogP contribution is -2.30. The molecule has 28 heavy (non-hydrogen) atoms. The number of pyridine rings is 1. The van der Waals surface area contributed by atoms with E-state index < -0.39 is 65.3 Å². The molecule has 0 aliphatic carbocycles. The van der Waals surface area contributed by atoms with Crippen molar-refractivity contribution in [1.29, 1.82) is 0 Å². The number of benzene rings is 1. The second-order valence-corrected chi connectivity index (χ2v) is 5.09. The summed E-state index contributed by atoms with van der Waals surface area (Å²) < 4.78 is 98.7. The normalized spacial score (nSPS) is 11.6. The third-order valence-corrected chi connectivity index (χ3v) is 3.33. The maximum Gasteiger partial charge on any atom is 0.780 e. The van der Waals surface area contributed by atoms with Crippen LogP contribution in [0.3, 0.4) is 0 Å². The average molecular weight is 417 g/mol. The van der Waals surface area contributed by atoms with E-state index in [0.717, 1.165) is 7.11 Å². The van der Waals surface area contributed by atoms with Crippen LogP contribution in [0.2, 0.25) is 0 Å². The molecule has 2 rings (SSSR count). The molecule has 0 fully saturated rings. The van der Waals surface area contributed by atoms with Crippen molar-refractivity contribution in [2.24, 2.45) is 0 Å². The second kappa shape index (κ2) is 8.06. The number of alkyl halides is 3. The number of rotatable bonds is 6. The van der Waals surface area contributed by atoms with Crippen LogP contribution < -0.4 is 10.2 Å². The lowest BCUT2D eigenvalue weighted by Gasteiger charge is -2.17. The van der Waals surface area contributed by atoms with Crippen LogP contribution in [0, 0.1) is 11.6 Å². The van der Waals surface area contributed by atoms with Gasteiger partial charge in [-0.3, -0.25) is 4.79 Å². The summed E-state index contributed by atoms with van der Waals surface area (Å²) in [6, 6.07) is 0.230. The summed E-state index contributed by atoms with van der Waals surface area (Å²) in [5, 5.41) is -0.895. The van der Waals surface area contributed by atoms with Crippen molar-refractivity contribution in [3.63, 3.8) is 0 Å². The Hall–Kier alpha value is -2.81. The SMILES string of the molecule is COc1c(F)c(F)cc2c(=O)c(C(=O)OB(OF)OF)cn(CC(F)(F)F)c12. The summed E-state index contributed by atoms with van der Waals surface area (Å²) in [6.45, 7) is -1.87. The van der Waals surface area contributed by atoms with Gasteiger partial charge in [-0.2, -0.15) is 27.3 Å². The molecule has 0 unspecified atom stereocenters. The molecule has 0 aliphatic rings. The first-order chi connectivity index (χ1) is 13.0. The highest BCUT2D eigenvalue weighted by Crippen LogP contribution is 2.31. The topological polar surface area (TPSA) is 76.0 Å². The number of hydrogen-bond donors (Lipinski definition) is 0. The first-order valence-electron chi connectivity index (χ1n) is 6.95. The predicted octanol–water partition coefficient (Wildman–Crippen LogP) is 2.79. The van der Waals surface area contributed by atoms with E-state index in [1.807, 2.05) is 0 Å². The van der Waals surface area contributed by atoms with E-state index in [-0.39, 0.29) is 16.8 Å². The molecule has 0 spiro atoms. The third kappa shape index (κ3) is 4.19. The summed E-state index contributed by atoms with van der Waals surface area (Å²) in [4.78, 5) is 29.7.